The van der Waals surface area contributed by atoms with Crippen molar-refractivity contribution in [3.63, 3.8) is 0 Å². The lowest BCUT2D eigenvalue weighted by Crippen LogP contribution is -2.28. The topological polar surface area (TPSA) is 50.3 Å². The van der Waals surface area contributed by atoms with Crippen molar-refractivity contribution >= 4 is 33.2 Å². The summed E-state index contributed by atoms with van der Waals surface area (Å²) in [7, 11) is -1.92. The van der Waals surface area contributed by atoms with Crippen LogP contribution < -0.4 is 0 Å². The van der Waals surface area contributed by atoms with Gasteiger partial charge in [-0.15, -0.1) is 0 Å². The van der Waals surface area contributed by atoms with E-state index in [1.54, 1.807) is 36.5 Å². The molecule has 112 valence electrons. The first-order valence-electron chi connectivity index (χ1n) is 6.16. The van der Waals surface area contributed by atoms with E-state index in [1.807, 2.05) is 6.07 Å². The summed E-state index contributed by atoms with van der Waals surface area (Å²) >= 11 is 11.7. The number of rotatable bonds is 5. The Morgan fingerprint density at radius 2 is 1.90 bits per heavy atom. The zero-order chi connectivity index (χ0) is 15.5. The predicted molar refractivity (Wildman–Crippen MR) is 84.8 cm³/mol. The minimum atomic E-state index is -3.45. The molecule has 0 N–H and O–H groups in total. The molecule has 0 amide bonds. The van der Waals surface area contributed by atoms with Gasteiger partial charge in [0.25, 0.3) is 0 Å². The minimum absolute atomic E-state index is 0.132. The maximum atomic E-state index is 12.3. The van der Waals surface area contributed by atoms with E-state index in [1.165, 1.54) is 11.4 Å². The molecule has 21 heavy (non-hydrogen) atoms. The van der Waals surface area contributed by atoms with Gasteiger partial charge in [0, 0.05) is 13.2 Å². The van der Waals surface area contributed by atoms with Crippen LogP contribution in [-0.4, -0.2) is 24.8 Å². The van der Waals surface area contributed by atoms with Crippen molar-refractivity contribution in [1.82, 2.24) is 9.29 Å². The quantitative estimate of drug-likeness (QED) is 0.835. The molecule has 7 heteroatoms. The fraction of sp³-hybridized carbons (Fsp3) is 0.214. The van der Waals surface area contributed by atoms with Crippen LogP contribution in [0.3, 0.4) is 0 Å². The predicted octanol–water partition coefficient (Wildman–Crippen LogP) is 3.35. The SMILES string of the molecule is CN(Cc1ccccn1)S(=O)(=O)Cc1ccc(Cl)c(Cl)c1. The lowest BCUT2D eigenvalue weighted by Gasteiger charge is -2.17. The van der Waals surface area contributed by atoms with Gasteiger partial charge in [-0.1, -0.05) is 35.3 Å². The zero-order valence-electron chi connectivity index (χ0n) is 11.3. The Morgan fingerprint density at radius 1 is 1.14 bits per heavy atom. The highest BCUT2D eigenvalue weighted by Crippen LogP contribution is 2.24. The maximum Gasteiger partial charge on any atom is 0.218 e. The highest BCUT2D eigenvalue weighted by atomic mass is 35.5. The summed E-state index contributed by atoms with van der Waals surface area (Å²) in [4.78, 5) is 4.12. The summed E-state index contributed by atoms with van der Waals surface area (Å²) in [5.74, 6) is -0.132. The van der Waals surface area contributed by atoms with Crippen LogP contribution in [0.4, 0.5) is 0 Å². The van der Waals surface area contributed by atoms with E-state index in [4.69, 9.17) is 23.2 Å². The lowest BCUT2D eigenvalue weighted by molar-refractivity contribution is 0.461. The van der Waals surface area contributed by atoms with E-state index in [0.29, 0.717) is 21.3 Å². The molecule has 4 nitrogen and oxygen atoms in total. The number of nitrogens with zero attached hydrogens (tertiary/aromatic N) is 2. The molecule has 0 aliphatic carbocycles. The number of hydrogen-bond donors (Lipinski definition) is 0. The van der Waals surface area contributed by atoms with Crippen molar-refractivity contribution in [2.45, 2.75) is 12.3 Å². The highest BCUT2D eigenvalue weighted by molar-refractivity contribution is 7.88. The van der Waals surface area contributed by atoms with Gasteiger partial charge in [-0.05, 0) is 29.8 Å². The highest BCUT2D eigenvalue weighted by Gasteiger charge is 2.19. The summed E-state index contributed by atoms with van der Waals surface area (Å²) in [6.45, 7) is 0.227. The molecule has 1 heterocycles. The minimum Gasteiger partial charge on any atom is -0.260 e. The number of benzene rings is 1. The van der Waals surface area contributed by atoms with Gasteiger partial charge in [-0.3, -0.25) is 4.98 Å². The maximum absolute atomic E-state index is 12.3. The first kappa shape index (κ1) is 16.2. The molecule has 0 unspecified atom stereocenters. The largest absolute Gasteiger partial charge is 0.260 e. The molecule has 1 aromatic heterocycles. The summed E-state index contributed by atoms with van der Waals surface area (Å²) in [5.41, 5.74) is 1.29. The Kier molecular flexibility index (Phi) is 5.22. The van der Waals surface area contributed by atoms with Crippen molar-refractivity contribution in [3.05, 3.63) is 63.9 Å². The molecule has 1 aromatic carbocycles. The molecule has 0 fully saturated rings. The van der Waals surface area contributed by atoms with E-state index in [9.17, 15) is 8.42 Å². The third-order valence-corrected chi connectivity index (χ3v) is 5.43. The molecule has 0 aliphatic heterocycles. The Morgan fingerprint density at radius 3 is 2.52 bits per heavy atom. The molecule has 0 bridgehead atoms. The Hall–Kier alpha value is -1.14. The van der Waals surface area contributed by atoms with Crippen LogP contribution in [0, 0.1) is 0 Å². The summed E-state index contributed by atoms with van der Waals surface area (Å²) < 4.78 is 25.9. The molecule has 0 aliphatic rings. The summed E-state index contributed by atoms with van der Waals surface area (Å²) in [5, 5.41) is 0.747. The third kappa shape index (κ3) is 4.41. The number of pyridine rings is 1. The van der Waals surface area contributed by atoms with Gasteiger partial charge >= 0.3 is 0 Å². The molecule has 0 radical (unpaired) electrons. The van der Waals surface area contributed by atoms with Gasteiger partial charge in [0.2, 0.25) is 10.0 Å². The van der Waals surface area contributed by atoms with Crippen LogP contribution in [0.15, 0.2) is 42.6 Å². The molecule has 0 atom stereocenters. The molecule has 0 saturated heterocycles. The average molecular weight is 345 g/mol. The van der Waals surface area contributed by atoms with Crippen molar-refractivity contribution in [1.29, 1.82) is 0 Å². The number of aromatic nitrogens is 1. The number of hydrogen-bond acceptors (Lipinski definition) is 3. The van der Waals surface area contributed by atoms with Crippen LogP contribution in [0.2, 0.25) is 10.0 Å². The lowest BCUT2D eigenvalue weighted by atomic mass is 10.2. The molecular weight excluding hydrogens is 331 g/mol. The monoisotopic (exact) mass is 344 g/mol. The van der Waals surface area contributed by atoms with Crippen molar-refractivity contribution in [2.24, 2.45) is 0 Å². The first-order valence-corrected chi connectivity index (χ1v) is 8.53. The Balaban J connectivity index is 2.12. The van der Waals surface area contributed by atoms with Crippen LogP contribution in [0.1, 0.15) is 11.3 Å². The second-order valence-corrected chi connectivity index (χ2v) is 7.47. The third-order valence-electron chi connectivity index (χ3n) is 2.92. The molecule has 2 aromatic rings. The number of halogens is 2. The average Bonchev–Trinajstić information content (AvgIpc) is 2.43. The normalized spacial score (nSPS) is 11.8. The molecular formula is C14H14Cl2N2O2S. The fourth-order valence-corrected chi connectivity index (χ4v) is 3.24. The first-order chi connectivity index (χ1) is 9.88. The second kappa shape index (κ2) is 6.75. The van der Waals surface area contributed by atoms with Gasteiger partial charge < -0.3 is 0 Å². The van der Waals surface area contributed by atoms with Gasteiger partial charge in [-0.25, -0.2) is 8.42 Å². The fourth-order valence-electron chi connectivity index (χ4n) is 1.77. The summed E-state index contributed by atoms with van der Waals surface area (Å²) in [6, 6.07) is 10.2. The smallest absolute Gasteiger partial charge is 0.218 e. The van der Waals surface area contributed by atoms with Crippen LogP contribution in [0.5, 0.6) is 0 Å². The molecule has 2 rings (SSSR count). The van der Waals surface area contributed by atoms with Crippen molar-refractivity contribution < 1.29 is 8.42 Å². The molecule has 0 saturated carbocycles. The number of sulfonamides is 1. The van der Waals surface area contributed by atoms with Gasteiger partial charge in [0.1, 0.15) is 0 Å². The molecule has 0 spiro atoms. The zero-order valence-corrected chi connectivity index (χ0v) is 13.7. The second-order valence-electron chi connectivity index (χ2n) is 4.58. The van der Waals surface area contributed by atoms with Crippen LogP contribution in [0.25, 0.3) is 0 Å². The van der Waals surface area contributed by atoms with E-state index >= 15 is 0 Å². The van der Waals surface area contributed by atoms with Gasteiger partial charge in [0.05, 0.1) is 28.0 Å². The van der Waals surface area contributed by atoms with Crippen molar-refractivity contribution in [3.8, 4) is 0 Å². The summed E-state index contributed by atoms with van der Waals surface area (Å²) in [6.07, 6.45) is 1.63. The Bertz CT molecular complexity index is 721. The van der Waals surface area contributed by atoms with E-state index in [0.717, 1.165) is 0 Å². The van der Waals surface area contributed by atoms with E-state index < -0.39 is 10.0 Å². The van der Waals surface area contributed by atoms with Gasteiger partial charge in [-0.2, -0.15) is 4.31 Å². The van der Waals surface area contributed by atoms with Crippen molar-refractivity contribution in [2.75, 3.05) is 7.05 Å². The van der Waals surface area contributed by atoms with Crippen LogP contribution >= 0.6 is 23.2 Å². The van der Waals surface area contributed by atoms with Crippen LogP contribution in [-0.2, 0) is 22.3 Å². The Labute approximate surface area is 134 Å². The van der Waals surface area contributed by atoms with E-state index in [-0.39, 0.29) is 12.3 Å². The standard InChI is InChI=1S/C14H14Cl2N2O2S/c1-18(9-12-4-2-3-7-17-12)21(19,20)10-11-5-6-13(15)14(16)8-11/h2-8H,9-10H2,1H3. The van der Waals surface area contributed by atoms with E-state index in [2.05, 4.69) is 4.98 Å². The van der Waals surface area contributed by atoms with Gasteiger partial charge in [0.15, 0.2) is 0 Å².